The van der Waals surface area contributed by atoms with Crippen LogP contribution in [0.5, 0.6) is 0 Å². The van der Waals surface area contributed by atoms with Gasteiger partial charge in [0.1, 0.15) is 12.6 Å². The molecule has 1 aromatic rings. The minimum atomic E-state index is -1.10. The van der Waals surface area contributed by atoms with E-state index >= 15 is 0 Å². The van der Waals surface area contributed by atoms with Gasteiger partial charge in [0.2, 0.25) is 0 Å². The Kier molecular flexibility index (Phi) is 5.33. The zero-order valence-electron chi connectivity index (χ0n) is 12.0. The number of carbonyl (C=O) groups is 2. The molecule has 0 aromatic heterocycles. The van der Waals surface area contributed by atoms with Crippen LogP contribution >= 0.6 is 15.9 Å². The van der Waals surface area contributed by atoms with Crippen LogP contribution in [0.3, 0.4) is 0 Å². The van der Waals surface area contributed by atoms with Crippen molar-refractivity contribution >= 4 is 33.6 Å². The third-order valence-electron chi connectivity index (χ3n) is 2.69. The highest BCUT2D eigenvalue weighted by Crippen LogP contribution is 2.22. The predicted octanol–water partition coefficient (Wildman–Crippen LogP) is 3.04. The van der Waals surface area contributed by atoms with Crippen molar-refractivity contribution in [2.24, 2.45) is 0 Å². The number of carbonyl (C=O) groups excluding carboxylic acids is 1. The number of anilines is 1. The minimum Gasteiger partial charge on any atom is -0.480 e. The Bertz CT molecular complexity index is 602. The van der Waals surface area contributed by atoms with Crippen molar-refractivity contribution in [3.8, 4) is 6.07 Å². The van der Waals surface area contributed by atoms with Crippen LogP contribution in [-0.4, -0.2) is 34.1 Å². The molecule has 1 aromatic carbocycles. The van der Waals surface area contributed by atoms with E-state index in [2.05, 4.69) is 21.2 Å². The van der Waals surface area contributed by atoms with E-state index < -0.39 is 24.1 Å². The van der Waals surface area contributed by atoms with E-state index in [4.69, 9.17) is 10.4 Å². The quantitative estimate of drug-likeness (QED) is 0.873. The van der Waals surface area contributed by atoms with Crippen molar-refractivity contribution in [2.75, 3.05) is 11.9 Å². The second-order valence-electron chi connectivity index (χ2n) is 5.38. The van der Waals surface area contributed by atoms with Gasteiger partial charge in [0.05, 0.1) is 11.3 Å². The van der Waals surface area contributed by atoms with Crippen LogP contribution in [0.2, 0.25) is 0 Å². The summed E-state index contributed by atoms with van der Waals surface area (Å²) >= 11 is 3.26. The molecule has 2 amide bonds. The number of amides is 2. The molecule has 0 aliphatic carbocycles. The van der Waals surface area contributed by atoms with Crippen LogP contribution < -0.4 is 5.32 Å². The second kappa shape index (κ2) is 6.59. The fourth-order valence-electron chi connectivity index (χ4n) is 1.65. The number of nitrogens with one attached hydrogen (secondary N) is 1. The highest BCUT2D eigenvalue weighted by Gasteiger charge is 2.28. The summed E-state index contributed by atoms with van der Waals surface area (Å²) in [7, 11) is 0. The molecule has 0 bridgehead atoms. The number of aliphatic carboxylic acids is 1. The Morgan fingerprint density at radius 1 is 1.43 bits per heavy atom. The molecule has 0 atom stereocenters. The predicted molar refractivity (Wildman–Crippen MR) is 82.0 cm³/mol. The van der Waals surface area contributed by atoms with Crippen molar-refractivity contribution < 1.29 is 14.7 Å². The van der Waals surface area contributed by atoms with Gasteiger partial charge in [-0.1, -0.05) is 15.9 Å². The van der Waals surface area contributed by atoms with Crippen molar-refractivity contribution in [3.05, 3.63) is 28.2 Å². The zero-order chi connectivity index (χ0) is 16.2. The van der Waals surface area contributed by atoms with E-state index in [1.165, 1.54) is 4.90 Å². The number of carboxylic acid groups (broad SMARTS) is 1. The Labute approximate surface area is 131 Å². The van der Waals surface area contributed by atoms with E-state index in [1.54, 1.807) is 39.0 Å². The van der Waals surface area contributed by atoms with Crippen LogP contribution in [0, 0.1) is 11.3 Å². The van der Waals surface area contributed by atoms with E-state index in [9.17, 15) is 9.59 Å². The topological polar surface area (TPSA) is 93.4 Å². The number of rotatable bonds is 3. The maximum absolute atomic E-state index is 12.3. The average Bonchev–Trinajstić information content (AvgIpc) is 2.34. The molecule has 1 rings (SSSR count). The lowest BCUT2D eigenvalue weighted by Crippen LogP contribution is -2.50. The molecule has 2 N–H and O–H groups in total. The molecule has 21 heavy (non-hydrogen) atoms. The third kappa shape index (κ3) is 4.76. The first-order chi connectivity index (χ1) is 9.65. The standard InChI is InChI=1S/C14H16BrN3O3/c1-14(2,3)18(8-12(19)20)13(21)17-11-6-10(15)5-4-9(11)7-16/h4-6H,8H2,1-3H3,(H,17,21)(H,19,20). The van der Waals surface area contributed by atoms with Gasteiger partial charge in [-0.3, -0.25) is 4.79 Å². The normalized spacial score (nSPS) is 10.6. The number of hydrogen-bond donors (Lipinski definition) is 2. The van der Waals surface area contributed by atoms with Gasteiger partial charge >= 0.3 is 12.0 Å². The van der Waals surface area contributed by atoms with Crippen molar-refractivity contribution in [1.29, 1.82) is 5.26 Å². The first kappa shape index (κ1) is 17.0. The lowest BCUT2D eigenvalue weighted by atomic mass is 10.1. The van der Waals surface area contributed by atoms with Gasteiger partial charge in [-0.05, 0) is 39.0 Å². The Balaban J connectivity index is 3.05. The number of urea groups is 1. The molecule has 0 spiro atoms. The molecule has 112 valence electrons. The monoisotopic (exact) mass is 353 g/mol. The van der Waals surface area contributed by atoms with Gasteiger partial charge in [0.15, 0.2) is 0 Å². The Hall–Kier alpha value is -2.07. The number of benzene rings is 1. The molecule has 0 unspecified atom stereocenters. The lowest BCUT2D eigenvalue weighted by Gasteiger charge is -2.34. The summed E-state index contributed by atoms with van der Waals surface area (Å²) in [6.07, 6.45) is 0. The molecule has 6 nitrogen and oxygen atoms in total. The third-order valence-corrected chi connectivity index (χ3v) is 3.19. The van der Waals surface area contributed by atoms with Crippen LogP contribution in [0.4, 0.5) is 10.5 Å². The van der Waals surface area contributed by atoms with Crippen LogP contribution in [0.1, 0.15) is 26.3 Å². The van der Waals surface area contributed by atoms with E-state index in [0.717, 1.165) is 0 Å². The first-order valence-electron chi connectivity index (χ1n) is 6.15. The smallest absolute Gasteiger partial charge is 0.323 e. The molecule has 0 saturated carbocycles. The lowest BCUT2D eigenvalue weighted by molar-refractivity contribution is -0.138. The second-order valence-corrected chi connectivity index (χ2v) is 6.30. The van der Waals surface area contributed by atoms with Gasteiger partial charge in [-0.15, -0.1) is 0 Å². The number of nitrogens with zero attached hydrogens (tertiary/aromatic N) is 2. The van der Waals surface area contributed by atoms with Crippen LogP contribution in [0.25, 0.3) is 0 Å². The maximum atomic E-state index is 12.3. The average molecular weight is 354 g/mol. The van der Waals surface area contributed by atoms with Crippen molar-refractivity contribution in [2.45, 2.75) is 26.3 Å². The summed E-state index contributed by atoms with van der Waals surface area (Å²) < 4.78 is 0.706. The zero-order valence-corrected chi connectivity index (χ0v) is 13.6. The summed E-state index contributed by atoms with van der Waals surface area (Å²) in [5.74, 6) is -1.10. The Morgan fingerprint density at radius 3 is 2.52 bits per heavy atom. The SMILES string of the molecule is CC(C)(C)N(CC(=O)O)C(=O)Nc1cc(Br)ccc1C#N. The molecular formula is C14H16BrN3O3. The van der Waals surface area contributed by atoms with Crippen LogP contribution in [-0.2, 0) is 4.79 Å². The number of carboxylic acids is 1. The minimum absolute atomic E-state index is 0.302. The van der Waals surface area contributed by atoms with Crippen LogP contribution in [0.15, 0.2) is 22.7 Å². The Morgan fingerprint density at radius 2 is 2.05 bits per heavy atom. The summed E-state index contributed by atoms with van der Waals surface area (Å²) in [6.45, 7) is 4.79. The van der Waals surface area contributed by atoms with Gasteiger partial charge in [0, 0.05) is 10.0 Å². The number of hydrogen-bond acceptors (Lipinski definition) is 3. The fourth-order valence-corrected chi connectivity index (χ4v) is 2.01. The van der Waals surface area contributed by atoms with E-state index in [1.807, 2.05) is 6.07 Å². The van der Waals surface area contributed by atoms with Gasteiger partial charge in [-0.25, -0.2) is 4.79 Å². The van der Waals surface area contributed by atoms with E-state index in [-0.39, 0.29) is 0 Å². The molecular weight excluding hydrogens is 338 g/mol. The summed E-state index contributed by atoms with van der Waals surface area (Å²) in [5, 5.41) is 20.6. The number of nitriles is 1. The van der Waals surface area contributed by atoms with Gasteiger partial charge in [-0.2, -0.15) is 5.26 Å². The highest BCUT2D eigenvalue weighted by atomic mass is 79.9. The maximum Gasteiger partial charge on any atom is 0.323 e. The molecule has 7 heteroatoms. The van der Waals surface area contributed by atoms with Gasteiger partial charge in [0.25, 0.3) is 0 Å². The van der Waals surface area contributed by atoms with Gasteiger partial charge < -0.3 is 15.3 Å². The van der Waals surface area contributed by atoms with E-state index in [0.29, 0.717) is 15.7 Å². The summed E-state index contributed by atoms with van der Waals surface area (Å²) in [4.78, 5) is 24.4. The molecule has 0 aliphatic rings. The molecule has 0 saturated heterocycles. The fraction of sp³-hybridized carbons (Fsp3) is 0.357. The largest absolute Gasteiger partial charge is 0.480 e. The van der Waals surface area contributed by atoms with Crippen molar-refractivity contribution in [3.63, 3.8) is 0 Å². The highest BCUT2D eigenvalue weighted by molar-refractivity contribution is 9.10. The van der Waals surface area contributed by atoms with Crippen molar-refractivity contribution in [1.82, 2.24) is 4.90 Å². The molecule has 0 heterocycles. The number of halogens is 1. The summed E-state index contributed by atoms with van der Waals surface area (Å²) in [6, 6.07) is 6.26. The molecule has 0 fully saturated rings. The summed E-state index contributed by atoms with van der Waals surface area (Å²) in [5.41, 5.74) is -0.0337. The molecule has 0 radical (unpaired) electrons. The molecule has 0 aliphatic heterocycles. The first-order valence-corrected chi connectivity index (χ1v) is 6.94.